The van der Waals surface area contributed by atoms with Crippen molar-refractivity contribution in [2.45, 2.75) is 45.4 Å². The molecule has 4 heteroatoms. The summed E-state index contributed by atoms with van der Waals surface area (Å²) in [4.78, 5) is 12.3. The van der Waals surface area contributed by atoms with Gasteiger partial charge in [-0.3, -0.25) is 4.79 Å². The van der Waals surface area contributed by atoms with Crippen molar-refractivity contribution >= 4 is 5.91 Å². The van der Waals surface area contributed by atoms with Gasteiger partial charge in [-0.25, -0.2) is 0 Å². The van der Waals surface area contributed by atoms with Crippen LogP contribution in [0.15, 0.2) is 0 Å². The number of nitrogens with zero attached hydrogens (tertiary/aromatic N) is 1. The Morgan fingerprint density at radius 2 is 2.18 bits per heavy atom. The van der Waals surface area contributed by atoms with Crippen LogP contribution in [0.4, 0.5) is 0 Å². The number of rotatable bonds is 6. The molecule has 1 heterocycles. The number of piperidine rings is 1. The van der Waals surface area contributed by atoms with Gasteiger partial charge in [0.05, 0.1) is 11.5 Å². The highest BCUT2D eigenvalue weighted by atomic mass is 16.2. The fraction of sp³-hybridized carbons (Fsp3) is 0.846. The van der Waals surface area contributed by atoms with Crippen LogP contribution in [-0.2, 0) is 4.79 Å². The van der Waals surface area contributed by atoms with Crippen LogP contribution in [0.3, 0.4) is 0 Å². The molecule has 4 nitrogen and oxygen atoms in total. The third kappa shape index (κ3) is 4.01. The lowest BCUT2D eigenvalue weighted by atomic mass is 9.74. The van der Waals surface area contributed by atoms with Crippen LogP contribution < -0.4 is 10.6 Å². The summed E-state index contributed by atoms with van der Waals surface area (Å²) in [5.74, 6) is 0.193. The molecule has 17 heavy (non-hydrogen) atoms. The number of nitrogens with one attached hydrogen (secondary N) is 2. The standard InChI is InChI=1S/C13H23N3O/c1-2-5-13(6-10-15-11-7-13)12(17)16-9-4-3-8-14/h15H,2-7,9-11H2,1H3,(H,16,17). The van der Waals surface area contributed by atoms with Crippen LogP contribution in [-0.4, -0.2) is 25.5 Å². The minimum atomic E-state index is -0.160. The minimum absolute atomic E-state index is 0.160. The van der Waals surface area contributed by atoms with Crippen molar-refractivity contribution in [3.8, 4) is 6.07 Å². The molecule has 1 aliphatic heterocycles. The summed E-state index contributed by atoms with van der Waals surface area (Å²) >= 11 is 0. The van der Waals surface area contributed by atoms with E-state index in [0.717, 1.165) is 45.2 Å². The minimum Gasteiger partial charge on any atom is -0.356 e. The third-order valence-corrected chi connectivity index (χ3v) is 3.52. The van der Waals surface area contributed by atoms with E-state index >= 15 is 0 Å². The lowest BCUT2D eigenvalue weighted by Gasteiger charge is -2.36. The van der Waals surface area contributed by atoms with Crippen molar-refractivity contribution < 1.29 is 4.79 Å². The van der Waals surface area contributed by atoms with Crippen molar-refractivity contribution in [3.63, 3.8) is 0 Å². The van der Waals surface area contributed by atoms with Gasteiger partial charge in [0.1, 0.15) is 0 Å². The lowest BCUT2D eigenvalue weighted by molar-refractivity contribution is -0.133. The lowest BCUT2D eigenvalue weighted by Crippen LogP contribution is -2.47. The fourth-order valence-electron chi connectivity index (χ4n) is 2.53. The van der Waals surface area contributed by atoms with Crippen LogP contribution in [0.2, 0.25) is 0 Å². The molecule has 0 radical (unpaired) electrons. The molecule has 96 valence electrons. The smallest absolute Gasteiger partial charge is 0.226 e. The Hall–Kier alpha value is -1.08. The van der Waals surface area contributed by atoms with Crippen molar-refractivity contribution in [1.82, 2.24) is 10.6 Å². The monoisotopic (exact) mass is 237 g/mol. The average molecular weight is 237 g/mol. The Morgan fingerprint density at radius 1 is 1.47 bits per heavy atom. The molecule has 0 unspecified atom stereocenters. The van der Waals surface area contributed by atoms with Crippen molar-refractivity contribution in [3.05, 3.63) is 0 Å². The molecule has 1 fully saturated rings. The first-order valence-corrected chi connectivity index (χ1v) is 6.61. The molecule has 0 spiro atoms. The zero-order valence-electron chi connectivity index (χ0n) is 10.7. The maximum atomic E-state index is 12.3. The number of amides is 1. The highest BCUT2D eigenvalue weighted by molar-refractivity contribution is 5.82. The number of hydrogen-bond acceptors (Lipinski definition) is 3. The van der Waals surface area contributed by atoms with E-state index in [-0.39, 0.29) is 11.3 Å². The second kappa shape index (κ2) is 7.29. The summed E-state index contributed by atoms with van der Waals surface area (Å²) in [6.07, 6.45) is 5.16. The molecule has 0 saturated carbocycles. The first-order chi connectivity index (χ1) is 8.25. The molecule has 2 N–H and O–H groups in total. The highest BCUT2D eigenvalue weighted by Crippen LogP contribution is 2.34. The summed E-state index contributed by atoms with van der Waals surface area (Å²) in [6, 6.07) is 2.09. The molecule has 0 aromatic rings. The van der Waals surface area contributed by atoms with E-state index in [4.69, 9.17) is 5.26 Å². The largest absolute Gasteiger partial charge is 0.356 e. The number of nitriles is 1. The third-order valence-electron chi connectivity index (χ3n) is 3.52. The molecule has 0 aromatic carbocycles. The topological polar surface area (TPSA) is 64.9 Å². The Kier molecular flexibility index (Phi) is 5.99. The molecule has 1 saturated heterocycles. The average Bonchev–Trinajstić information content (AvgIpc) is 2.36. The van der Waals surface area contributed by atoms with Gasteiger partial charge in [-0.1, -0.05) is 13.3 Å². The first-order valence-electron chi connectivity index (χ1n) is 6.61. The second-order valence-corrected chi connectivity index (χ2v) is 4.80. The number of hydrogen-bond donors (Lipinski definition) is 2. The summed E-state index contributed by atoms with van der Waals surface area (Å²) in [5, 5.41) is 14.7. The van der Waals surface area contributed by atoms with E-state index in [1.807, 2.05) is 0 Å². The molecule has 1 rings (SSSR count). The van der Waals surface area contributed by atoms with Gasteiger partial charge in [0.2, 0.25) is 5.91 Å². The van der Waals surface area contributed by atoms with Gasteiger partial charge >= 0.3 is 0 Å². The van der Waals surface area contributed by atoms with Gasteiger partial charge in [-0.05, 0) is 38.8 Å². The van der Waals surface area contributed by atoms with Crippen LogP contribution in [0.1, 0.15) is 45.4 Å². The highest BCUT2D eigenvalue weighted by Gasteiger charge is 2.38. The van der Waals surface area contributed by atoms with E-state index in [2.05, 4.69) is 23.6 Å². The molecule has 1 amide bonds. The maximum Gasteiger partial charge on any atom is 0.226 e. The van der Waals surface area contributed by atoms with Crippen LogP contribution in [0, 0.1) is 16.7 Å². The van der Waals surface area contributed by atoms with Crippen LogP contribution in [0.5, 0.6) is 0 Å². The second-order valence-electron chi connectivity index (χ2n) is 4.80. The van der Waals surface area contributed by atoms with Crippen LogP contribution >= 0.6 is 0 Å². The van der Waals surface area contributed by atoms with Crippen molar-refractivity contribution in [1.29, 1.82) is 5.26 Å². The molecular formula is C13H23N3O. The molecule has 0 aliphatic carbocycles. The van der Waals surface area contributed by atoms with Crippen molar-refractivity contribution in [2.75, 3.05) is 19.6 Å². The Labute approximate surface area is 104 Å². The van der Waals surface area contributed by atoms with E-state index < -0.39 is 0 Å². The summed E-state index contributed by atoms with van der Waals surface area (Å²) < 4.78 is 0. The zero-order chi connectivity index (χ0) is 12.6. The predicted molar refractivity (Wildman–Crippen MR) is 67.3 cm³/mol. The molecule has 0 aromatic heterocycles. The molecule has 0 bridgehead atoms. The quantitative estimate of drug-likeness (QED) is 0.689. The molecule has 1 aliphatic rings. The number of unbranched alkanes of at least 4 members (excludes halogenated alkanes) is 1. The van der Waals surface area contributed by atoms with Gasteiger partial charge in [-0.2, -0.15) is 5.26 Å². The van der Waals surface area contributed by atoms with Crippen LogP contribution in [0.25, 0.3) is 0 Å². The zero-order valence-corrected chi connectivity index (χ0v) is 10.7. The number of carbonyl (C=O) groups excluding carboxylic acids is 1. The maximum absolute atomic E-state index is 12.3. The summed E-state index contributed by atoms with van der Waals surface area (Å²) in [5.41, 5.74) is -0.160. The van der Waals surface area contributed by atoms with Gasteiger partial charge in [-0.15, -0.1) is 0 Å². The first kappa shape index (κ1) is 14.0. The van der Waals surface area contributed by atoms with Crippen molar-refractivity contribution in [2.24, 2.45) is 5.41 Å². The van der Waals surface area contributed by atoms with Gasteiger partial charge in [0.15, 0.2) is 0 Å². The normalized spacial score (nSPS) is 18.4. The Morgan fingerprint density at radius 3 is 2.76 bits per heavy atom. The van der Waals surface area contributed by atoms with E-state index in [1.54, 1.807) is 0 Å². The Bertz CT molecular complexity index is 271. The van der Waals surface area contributed by atoms with E-state index in [0.29, 0.717) is 13.0 Å². The van der Waals surface area contributed by atoms with Gasteiger partial charge < -0.3 is 10.6 Å². The molecule has 0 atom stereocenters. The van der Waals surface area contributed by atoms with E-state index in [1.165, 1.54) is 0 Å². The SMILES string of the molecule is CCCC1(C(=O)NCCCC#N)CCNCC1. The summed E-state index contributed by atoms with van der Waals surface area (Å²) in [6.45, 7) is 4.63. The van der Waals surface area contributed by atoms with E-state index in [9.17, 15) is 4.79 Å². The Balaban J connectivity index is 2.45. The number of carbonyl (C=O) groups is 1. The summed E-state index contributed by atoms with van der Waals surface area (Å²) in [7, 11) is 0. The van der Waals surface area contributed by atoms with Gasteiger partial charge in [0, 0.05) is 13.0 Å². The molecular weight excluding hydrogens is 214 g/mol. The van der Waals surface area contributed by atoms with Gasteiger partial charge in [0.25, 0.3) is 0 Å². The predicted octanol–water partition coefficient (Wildman–Crippen LogP) is 1.58. The fourth-order valence-corrected chi connectivity index (χ4v) is 2.53.